The van der Waals surface area contributed by atoms with Gasteiger partial charge in [-0.3, -0.25) is 14.8 Å². The third kappa shape index (κ3) is 1.31. The molecule has 0 bridgehead atoms. The lowest BCUT2D eigenvalue weighted by molar-refractivity contribution is -0.0327. The third-order valence-corrected chi connectivity index (χ3v) is 1.77. The molecule has 1 N–H and O–H groups in total. The van der Waals surface area contributed by atoms with E-state index < -0.39 is 11.8 Å². The van der Waals surface area contributed by atoms with Crippen LogP contribution in [0.2, 0.25) is 0 Å². The summed E-state index contributed by atoms with van der Waals surface area (Å²) in [5.41, 5.74) is 0.509. The van der Waals surface area contributed by atoms with Crippen LogP contribution in [0.25, 0.3) is 0 Å². The van der Waals surface area contributed by atoms with Crippen LogP contribution in [-0.2, 0) is 0 Å². The fourth-order valence-corrected chi connectivity index (χ4v) is 1.18. The molecule has 0 fully saturated rings. The summed E-state index contributed by atoms with van der Waals surface area (Å²) in [5.74, 6) is -1.31. The first-order valence-corrected chi connectivity index (χ1v) is 3.88. The minimum absolute atomic E-state index is 0.130. The Morgan fingerprint density at radius 1 is 1.00 bits per heavy atom. The van der Waals surface area contributed by atoms with Crippen LogP contribution in [0.1, 0.15) is 20.7 Å². The number of fused-ring (bicyclic) bond motifs is 1. The smallest absolute Gasteiger partial charge is 0.278 e. The summed E-state index contributed by atoms with van der Waals surface area (Å²) in [5, 5.41) is 9.05. The largest absolute Gasteiger partial charge is 0.285 e. The van der Waals surface area contributed by atoms with Crippen molar-refractivity contribution in [2.75, 3.05) is 0 Å². The van der Waals surface area contributed by atoms with Crippen LogP contribution in [0.5, 0.6) is 0 Å². The summed E-state index contributed by atoms with van der Waals surface area (Å²) in [6, 6.07) is 6.30. The molecule has 1 aliphatic heterocycles. The van der Waals surface area contributed by atoms with E-state index >= 15 is 0 Å². The SMILES string of the molecule is C=C.O=C1c2ccccc2C(=O)N1O. The highest BCUT2D eigenvalue weighted by atomic mass is 16.5. The monoisotopic (exact) mass is 191 g/mol. The van der Waals surface area contributed by atoms with Crippen molar-refractivity contribution in [3.8, 4) is 0 Å². The molecule has 1 heterocycles. The van der Waals surface area contributed by atoms with Crippen molar-refractivity contribution in [1.29, 1.82) is 0 Å². The maximum Gasteiger partial charge on any atom is 0.285 e. The van der Waals surface area contributed by atoms with E-state index in [1.807, 2.05) is 0 Å². The quantitative estimate of drug-likeness (QED) is 0.384. The highest BCUT2D eigenvalue weighted by Gasteiger charge is 2.33. The van der Waals surface area contributed by atoms with Crippen molar-refractivity contribution in [3.63, 3.8) is 0 Å². The first-order chi connectivity index (χ1) is 6.72. The van der Waals surface area contributed by atoms with E-state index in [9.17, 15) is 9.59 Å². The molecule has 4 nitrogen and oxygen atoms in total. The number of hydroxylamine groups is 2. The van der Waals surface area contributed by atoms with Crippen molar-refractivity contribution in [2.24, 2.45) is 0 Å². The Kier molecular flexibility index (Phi) is 2.79. The highest BCUT2D eigenvalue weighted by molar-refractivity contribution is 6.20. The van der Waals surface area contributed by atoms with Gasteiger partial charge >= 0.3 is 0 Å². The van der Waals surface area contributed by atoms with E-state index in [1.54, 1.807) is 12.1 Å². The molecule has 14 heavy (non-hydrogen) atoms. The molecule has 4 heteroatoms. The molecule has 1 aromatic rings. The number of amides is 2. The molecule has 2 amide bonds. The molecule has 72 valence electrons. The molecule has 0 aliphatic carbocycles. The van der Waals surface area contributed by atoms with Gasteiger partial charge in [-0.25, -0.2) is 0 Å². The second-order valence-corrected chi connectivity index (χ2v) is 2.47. The van der Waals surface area contributed by atoms with Crippen molar-refractivity contribution >= 4 is 11.8 Å². The van der Waals surface area contributed by atoms with Crippen molar-refractivity contribution in [3.05, 3.63) is 48.6 Å². The maximum absolute atomic E-state index is 11.1. The van der Waals surface area contributed by atoms with Gasteiger partial charge < -0.3 is 0 Å². The van der Waals surface area contributed by atoms with Crippen molar-refractivity contribution < 1.29 is 14.8 Å². The number of hydrogen-bond donors (Lipinski definition) is 1. The molecule has 2 rings (SSSR count). The minimum Gasteiger partial charge on any atom is -0.278 e. The molecule has 1 aliphatic rings. The molecule has 0 spiro atoms. The summed E-state index contributed by atoms with van der Waals surface area (Å²) >= 11 is 0. The van der Waals surface area contributed by atoms with Crippen LogP contribution in [0, 0.1) is 0 Å². The molecular weight excluding hydrogens is 182 g/mol. The summed E-state index contributed by atoms with van der Waals surface area (Å²) in [7, 11) is 0. The third-order valence-electron chi connectivity index (χ3n) is 1.77. The number of imide groups is 1. The fourth-order valence-electron chi connectivity index (χ4n) is 1.18. The topological polar surface area (TPSA) is 57.6 Å². The zero-order chi connectivity index (χ0) is 10.7. The standard InChI is InChI=1S/C8H5NO3.C2H4/c10-7-5-3-1-2-4-6(5)8(11)9(7)12;1-2/h1-4,12H;1-2H2. The maximum atomic E-state index is 11.1. The van der Waals surface area contributed by atoms with E-state index in [4.69, 9.17) is 5.21 Å². The molecule has 1 aromatic carbocycles. The molecule has 0 aromatic heterocycles. The van der Waals surface area contributed by atoms with Crippen LogP contribution in [0.4, 0.5) is 0 Å². The molecule has 0 saturated carbocycles. The molecular formula is C10H9NO3. The molecule has 0 atom stereocenters. The average Bonchev–Trinajstić information content (AvgIpc) is 2.48. The summed E-state index contributed by atoms with van der Waals surface area (Å²) < 4.78 is 0. The van der Waals surface area contributed by atoms with Gasteiger partial charge in [0.25, 0.3) is 11.8 Å². The predicted octanol–water partition coefficient (Wildman–Crippen LogP) is 1.47. The Labute approximate surface area is 81.0 Å². The number of benzene rings is 1. The number of carbonyl (C=O) groups excluding carboxylic acids is 2. The Morgan fingerprint density at radius 2 is 1.36 bits per heavy atom. The number of nitrogens with zero attached hydrogens (tertiary/aromatic N) is 1. The molecule has 0 saturated heterocycles. The van der Waals surface area contributed by atoms with Gasteiger partial charge in [0.05, 0.1) is 11.1 Å². The van der Waals surface area contributed by atoms with Crippen molar-refractivity contribution in [1.82, 2.24) is 5.06 Å². The van der Waals surface area contributed by atoms with Crippen LogP contribution in [-0.4, -0.2) is 22.1 Å². The lowest BCUT2D eigenvalue weighted by Gasteiger charge is -1.99. The lowest BCUT2D eigenvalue weighted by atomic mass is 10.1. The lowest BCUT2D eigenvalue weighted by Crippen LogP contribution is -2.25. The van der Waals surface area contributed by atoms with Gasteiger partial charge in [-0.05, 0) is 12.1 Å². The van der Waals surface area contributed by atoms with E-state index in [1.165, 1.54) is 12.1 Å². The number of rotatable bonds is 0. The zero-order valence-corrected chi connectivity index (χ0v) is 7.43. The van der Waals surface area contributed by atoms with Gasteiger partial charge in [0, 0.05) is 0 Å². The van der Waals surface area contributed by atoms with Gasteiger partial charge in [-0.1, -0.05) is 12.1 Å². The van der Waals surface area contributed by atoms with Gasteiger partial charge in [0.15, 0.2) is 0 Å². The second-order valence-electron chi connectivity index (χ2n) is 2.47. The number of carbonyl (C=O) groups is 2. The minimum atomic E-state index is -0.657. The van der Waals surface area contributed by atoms with Gasteiger partial charge in [-0.2, -0.15) is 0 Å². The fraction of sp³-hybridized carbons (Fsp3) is 0. The molecule has 0 unspecified atom stereocenters. The van der Waals surface area contributed by atoms with Crippen LogP contribution in [0.3, 0.4) is 0 Å². The Balaban J connectivity index is 0.000000461. The van der Waals surface area contributed by atoms with Crippen LogP contribution >= 0.6 is 0 Å². The van der Waals surface area contributed by atoms with E-state index in [-0.39, 0.29) is 16.2 Å². The first kappa shape index (κ1) is 10.1. The Morgan fingerprint density at radius 3 is 1.71 bits per heavy atom. The van der Waals surface area contributed by atoms with E-state index in [0.29, 0.717) is 0 Å². The van der Waals surface area contributed by atoms with Crippen molar-refractivity contribution in [2.45, 2.75) is 0 Å². The van der Waals surface area contributed by atoms with Crippen LogP contribution < -0.4 is 0 Å². The Bertz CT molecular complexity index is 352. The second kappa shape index (κ2) is 3.85. The van der Waals surface area contributed by atoms with Crippen LogP contribution in [0.15, 0.2) is 37.4 Å². The Hall–Kier alpha value is -1.94. The number of hydrogen-bond acceptors (Lipinski definition) is 3. The van der Waals surface area contributed by atoms with E-state index in [0.717, 1.165) is 0 Å². The zero-order valence-electron chi connectivity index (χ0n) is 7.43. The normalized spacial score (nSPS) is 13.4. The summed E-state index contributed by atoms with van der Waals surface area (Å²) in [4.78, 5) is 22.1. The van der Waals surface area contributed by atoms with Gasteiger partial charge in [0.2, 0.25) is 0 Å². The summed E-state index contributed by atoms with van der Waals surface area (Å²) in [6.45, 7) is 6.00. The molecule has 0 radical (unpaired) electrons. The first-order valence-electron chi connectivity index (χ1n) is 3.88. The summed E-state index contributed by atoms with van der Waals surface area (Å²) in [6.07, 6.45) is 0. The average molecular weight is 191 g/mol. The van der Waals surface area contributed by atoms with E-state index in [2.05, 4.69) is 13.2 Å². The predicted molar refractivity (Wildman–Crippen MR) is 50.0 cm³/mol. The highest BCUT2D eigenvalue weighted by Crippen LogP contribution is 2.19. The van der Waals surface area contributed by atoms with Gasteiger partial charge in [0.1, 0.15) is 0 Å². The van der Waals surface area contributed by atoms with Gasteiger partial charge in [-0.15, -0.1) is 18.2 Å².